The van der Waals surface area contributed by atoms with E-state index >= 15 is 0 Å². The van der Waals surface area contributed by atoms with Crippen molar-refractivity contribution in [1.29, 1.82) is 0 Å². The van der Waals surface area contributed by atoms with Gasteiger partial charge in [-0.2, -0.15) is 0 Å². The maximum absolute atomic E-state index is 11.7. The minimum Gasteiger partial charge on any atom is -0.444 e. The second kappa shape index (κ2) is 6.41. The summed E-state index contributed by atoms with van der Waals surface area (Å²) in [4.78, 5) is 23.1. The number of benzene rings is 1. The lowest BCUT2D eigenvalue weighted by atomic mass is 10.1. The lowest BCUT2D eigenvalue weighted by molar-refractivity contribution is -0.115. The van der Waals surface area contributed by atoms with E-state index in [2.05, 4.69) is 10.6 Å². The molecule has 0 radical (unpaired) electrons. The van der Waals surface area contributed by atoms with Crippen LogP contribution in [0.2, 0.25) is 0 Å². The maximum Gasteiger partial charge on any atom is 0.408 e. The normalized spacial score (nSPS) is 10.8. The lowest BCUT2D eigenvalue weighted by Gasteiger charge is -2.19. The number of nitrogens with one attached hydrogen (secondary N) is 2. The molecule has 0 fully saturated rings. The molecule has 2 amide bonds. The van der Waals surface area contributed by atoms with Crippen molar-refractivity contribution in [2.45, 2.75) is 40.2 Å². The topological polar surface area (TPSA) is 67.4 Å². The van der Waals surface area contributed by atoms with Crippen LogP contribution in [0.5, 0.6) is 0 Å². The van der Waals surface area contributed by atoms with Crippen molar-refractivity contribution in [3.05, 3.63) is 29.3 Å². The molecule has 0 saturated carbocycles. The molecular formula is C15H22N2O3. The molecular weight excluding hydrogens is 256 g/mol. The molecule has 1 aromatic rings. The summed E-state index contributed by atoms with van der Waals surface area (Å²) in [6.45, 7) is 9.15. The average molecular weight is 278 g/mol. The molecule has 0 saturated heterocycles. The number of rotatable bonds is 3. The Morgan fingerprint density at radius 2 is 1.80 bits per heavy atom. The smallest absolute Gasteiger partial charge is 0.408 e. The predicted molar refractivity (Wildman–Crippen MR) is 78.8 cm³/mol. The Balaban J connectivity index is 2.44. The van der Waals surface area contributed by atoms with Gasteiger partial charge in [-0.05, 0) is 57.9 Å². The summed E-state index contributed by atoms with van der Waals surface area (Å²) in [5.41, 5.74) is 2.40. The van der Waals surface area contributed by atoms with Gasteiger partial charge in [-0.1, -0.05) is 6.07 Å². The van der Waals surface area contributed by atoms with Gasteiger partial charge in [-0.3, -0.25) is 4.79 Å². The van der Waals surface area contributed by atoms with Crippen LogP contribution in [0.1, 0.15) is 31.9 Å². The fraction of sp³-hybridized carbons (Fsp3) is 0.467. The summed E-state index contributed by atoms with van der Waals surface area (Å²) >= 11 is 0. The number of carbonyl (C=O) groups is 2. The molecule has 1 aromatic carbocycles. The van der Waals surface area contributed by atoms with Crippen molar-refractivity contribution in [1.82, 2.24) is 5.32 Å². The number of aryl methyl sites for hydroxylation is 2. The maximum atomic E-state index is 11.7. The minimum absolute atomic E-state index is 0.123. The van der Waals surface area contributed by atoms with Gasteiger partial charge in [0, 0.05) is 5.69 Å². The van der Waals surface area contributed by atoms with Gasteiger partial charge in [-0.25, -0.2) is 4.79 Å². The molecule has 1 rings (SSSR count). The summed E-state index contributed by atoms with van der Waals surface area (Å²) < 4.78 is 5.04. The van der Waals surface area contributed by atoms with Gasteiger partial charge < -0.3 is 15.4 Å². The third kappa shape index (κ3) is 5.73. The number of alkyl carbamates (subject to hydrolysis) is 1. The van der Waals surface area contributed by atoms with Crippen LogP contribution in [0.15, 0.2) is 18.2 Å². The van der Waals surface area contributed by atoms with Crippen molar-refractivity contribution >= 4 is 17.7 Å². The highest BCUT2D eigenvalue weighted by molar-refractivity contribution is 5.93. The Hall–Kier alpha value is -2.04. The summed E-state index contributed by atoms with van der Waals surface area (Å²) in [7, 11) is 0. The van der Waals surface area contributed by atoms with E-state index in [1.807, 2.05) is 32.0 Å². The van der Waals surface area contributed by atoms with Crippen molar-refractivity contribution in [3.63, 3.8) is 0 Å². The molecule has 0 aliphatic carbocycles. The van der Waals surface area contributed by atoms with Gasteiger partial charge in [0.05, 0.1) is 0 Å². The SMILES string of the molecule is Cc1ccc(NC(=O)CNC(=O)OC(C)(C)C)cc1C. The van der Waals surface area contributed by atoms with Crippen LogP contribution in [-0.2, 0) is 9.53 Å². The molecule has 0 unspecified atom stereocenters. The molecule has 0 aliphatic heterocycles. The molecule has 0 atom stereocenters. The Morgan fingerprint density at radius 1 is 1.15 bits per heavy atom. The van der Waals surface area contributed by atoms with Crippen LogP contribution in [0, 0.1) is 13.8 Å². The fourth-order valence-corrected chi connectivity index (χ4v) is 1.49. The molecule has 0 bridgehead atoms. The van der Waals surface area contributed by atoms with E-state index < -0.39 is 11.7 Å². The first-order valence-corrected chi connectivity index (χ1v) is 6.51. The molecule has 0 heterocycles. The van der Waals surface area contributed by atoms with E-state index in [-0.39, 0.29) is 12.5 Å². The first-order chi connectivity index (χ1) is 9.17. The van der Waals surface area contributed by atoms with Gasteiger partial charge in [0.1, 0.15) is 12.1 Å². The zero-order valence-corrected chi connectivity index (χ0v) is 12.7. The zero-order valence-electron chi connectivity index (χ0n) is 12.7. The Kier molecular flexibility index (Phi) is 5.13. The summed E-state index contributed by atoms with van der Waals surface area (Å²) in [5, 5.41) is 5.13. The fourth-order valence-electron chi connectivity index (χ4n) is 1.49. The quantitative estimate of drug-likeness (QED) is 0.893. The number of hydrogen-bond acceptors (Lipinski definition) is 3. The van der Waals surface area contributed by atoms with Crippen molar-refractivity contribution in [3.8, 4) is 0 Å². The van der Waals surface area contributed by atoms with E-state index in [1.165, 1.54) is 0 Å². The van der Waals surface area contributed by atoms with Crippen molar-refractivity contribution in [2.24, 2.45) is 0 Å². The highest BCUT2D eigenvalue weighted by atomic mass is 16.6. The number of anilines is 1. The van der Waals surface area contributed by atoms with Gasteiger partial charge >= 0.3 is 6.09 Å². The zero-order chi connectivity index (χ0) is 15.3. The van der Waals surface area contributed by atoms with E-state index in [0.29, 0.717) is 5.69 Å². The Bertz CT molecular complexity index is 504. The predicted octanol–water partition coefficient (Wildman–Crippen LogP) is 2.77. The molecule has 5 heteroatoms. The molecule has 2 N–H and O–H groups in total. The van der Waals surface area contributed by atoms with E-state index in [4.69, 9.17) is 4.74 Å². The van der Waals surface area contributed by atoms with E-state index in [9.17, 15) is 9.59 Å². The van der Waals surface area contributed by atoms with Crippen LogP contribution >= 0.6 is 0 Å². The van der Waals surface area contributed by atoms with Crippen LogP contribution < -0.4 is 10.6 Å². The second-order valence-electron chi connectivity index (χ2n) is 5.70. The monoisotopic (exact) mass is 278 g/mol. The Labute approximate surface area is 119 Å². The van der Waals surface area contributed by atoms with Crippen LogP contribution in [-0.4, -0.2) is 24.1 Å². The van der Waals surface area contributed by atoms with Gasteiger partial charge in [0.2, 0.25) is 5.91 Å². The number of amides is 2. The molecule has 0 spiro atoms. The summed E-state index contributed by atoms with van der Waals surface area (Å²) in [6.07, 6.45) is -0.604. The summed E-state index contributed by atoms with van der Waals surface area (Å²) in [6, 6.07) is 5.65. The largest absolute Gasteiger partial charge is 0.444 e. The molecule has 0 aliphatic rings. The molecule has 0 aromatic heterocycles. The van der Waals surface area contributed by atoms with E-state index in [1.54, 1.807) is 20.8 Å². The number of carbonyl (C=O) groups excluding carboxylic acids is 2. The van der Waals surface area contributed by atoms with Crippen LogP contribution in [0.4, 0.5) is 10.5 Å². The Morgan fingerprint density at radius 3 is 2.35 bits per heavy atom. The number of ether oxygens (including phenoxy) is 1. The summed E-state index contributed by atoms with van der Waals surface area (Å²) in [5.74, 6) is -0.292. The van der Waals surface area contributed by atoms with Gasteiger partial charge in [0.25, 0.3) is 0 Å². The first-order valence-electron chi connectivity index (χ1n) is 6.51. The lowest BCUT2D eigenvalue weighted by Crippen LogP contribution is -2.37. The van der Waals surface area contributed by atoms with Gasteiger partial charge in [0.15, 0.2) is 0 Å². The average Bonchev–Trinajstić information content (AvgIpc) is 2.29. The second-order valence-corrected chi connectivity index (χ2v) is 5.70. The molecule has 5 nitrogen and oxygen atoms in total. The minimum atomic E-state index is -0.604. The van der Waals surface area contributed by atoms with Crippen LogP contribution in [0.3, 0.4) is 0 Å². The van der Waals surface area contributed by atoms with E-state index in [0.717, 1.165) is 11.1 Å². The molecule has 20 heavy (non-hydrogen) atoms. The highest BCUT2D eigenvalue weighted by Gasteiger charge is 2.16. The molecule has 110 valence electrons. The van der Waals surface area contributed by atoms with Crippen molar-refractivity contribution < 1.29 is 14.3 Å². The van der Waals surface area contributed by atoms with Gasteiger partial charge in [-0.15, -0.1) is 0 Å². The van der Waals surface area contributed by atoms with Crippen LogP contribution in [0.25, 0.3) is 0 Å². The third-order valence-electron chi connectivity index (χ3n) is 2.58. The number of hydrogen-bond donors (Lipinski definition) is 2. The third-order valence-corrected chi connectivity index (χ3v) is 2.58. The first kappa shape index (κ1) is 16.0. The standard InChI is InChI=1S/C15H22N2O3/c1-10-6-7-12(8-11(10)2)17-13(18)9-16-14(19)20-15(3,4)5/h6-8H,9H2,1-5H3,(H,16,19)(H,17,18). The highest BCUT2D eigenvalue weighted by Crippen LogP contribution is 2.13. The van der Waals surface area contributed by atoms with Crippen molar-refractivity contribution in [2.75, 3.05) is 11.9 Å².